The Hall–Kier alpha value is -1.84. The minimum atomic E-state index is -5.08. The van der Waals surface area contributed by atoms with E-state index in [1.807, 2.05) is 0 Å². The number of aliphatic carboxylic acids is 2. The van der Waals surface area contributed by atoms with Crippen molar-refractivity contribution in [2.75, 3.05) is 13.1 Å². The molecule has 0 aromatic carbocycles. The van der Waals surface area contributed by atoms with Gasteiger partial charge in [0.2, 0.25) is 5.91 Å². The largest absolute Gasteiger partial charge is 0.490 e. The summed E-state index contributed by atoms with van der Waals surface area (Å²) in [7, 11) is 0. The maximum absolute atomic E-state index is 11.1. The Bertz CT molecular complexity index is 358. The summed E-state index contributed by atoms with van der Waals surface area (Å²) in [5, 5.41) is 15.8. The first kappa shape index (κ1) is 17.2. The smallest absolute Gasteiger partial charge is 0.480 e. The van der Waals surface area contributed by atoms with Gasteiger partial charge in [0.1, 0.15) is 6.04 Å². The highest BCUT2D eigenvalue weighted by Crippen LogP contribution is 2.16. The minimum Gasteiger partial charge on any atom is -0.480 e. The summed E-state index contributed by atoms with van der Waals surface area (Å²) in [4.78, 5) is 31.9. The summed E-state index contributed by atoms with van der Waals surface area (Å²) in [6.45, 7) is 0.413. The van der Waals surface area contributed by atoms with E-state index < -0.39 is 24.2 Å². The molecule has 0 spiro atoms. The number of carbonyl (C=O) groups is 3. The van der Waals surface area contributed by atoms with Crippen molar-refractivity contribution < 1.29 is 37.8 Å². The first-order valence-corrected chi connectivity index (χ1v) is 5.13. The van der Waals surface area contributed by atoms with Crippen LogP contribution in [0.4, 0.5) is 13.2 Å². The van der Waals surface area contributed by atoms with Gasteiger partial charge in [-0.05, 0) is 12.8 Å². The summed E-state index contributed by atoms with van der Waals surface area (Å²) in [5.74, 6) is -3.97. The Morgan fingerprint density at radius 1 is 1.26 bits per heavy atom. The van der Waals surface area contributed by atoms with Crippen LogP contribution in [0.3, 0.4) is 0 Å². The van der Waals surface area contributed by atoms with E-state index in [-0.39, 0.29) is 12.5 Å². The van der Waals surface area contributed by atoms with Crippen LogP contribution in [0.2, 0.25) is 0 Å². The van der Waals surface area contributed by atoms with Gasteiger partial charge in [-0.15, -0.1) is 0 Å². The molecule has 1 saturated heterocycles. The number of amides is 1. The van der Waals surface area contributed by atoms with Crippen LogP contribution in [0, 0.1) is 0 Å². The Kier molecular flexibility index (Phi) is 6.25. The van der Waals surface area contributed by atoms with Crippen LogP contribution < -0.4 is 5.73 Å². The van der Waals surface area contributed by atoms with Gasteiger partial charge in [-0.1, -0.05) is 0 Å². The van der Waals surface area contributed by atoms with E-state index in [2.05, 4.69) is 0 Å². The summed E-state index contributed by atoms with van der Waals surface area (Å²) < 4.78 is 31.7. The molecule has 10 heteroatoms. The number of nitrogens with two attached hydrogens (primary N) is 1. The standard InChI is InChI=1S/C7H12N2O3.C2HF3O2/c8-4-6(10)9-3-1-2-5(9)7(11)12;3-2(4,5)1(6)7/h5H,1-4,8H2,(H,11,12);(H,6,7)/t5-;/m0./s1. The number of hydrogen-bond acceptors (Lipinski definition) is 4. The number of halogens is 3. The molecule has 1 aliphatic heterocycles. The van der Waals surface area contributed by atoms with Crippen molar-refractivity contribution in [3.8, 4) is 0 Å². The average molecular weight is 286 g/mol. The minimum absolute atomic E-state index is 0.107. The van der Waals surface area contributed by atoms with Gasteiger partial charge in [0, 0.05) is 6.54 Å². The fraction of sp³-hybridized carbons (Fsp3) is 0.667. The fourth-order valence-electron chi connectivity index (χ4n) is 1.44. The Morgan fingerprint density at radius 2 is 1.74 bits per heavy atom. The van der Waals surface area contributed by atoms with E-state index in [0.717, 1.165) is 6.42 Å². The van der Waals surface area contributed by atoms with Crippen LogP contribution in [0.15, 0.2) is 0 Å². The summed E-state index contributed by atoms with van der Waals surface area (Å²) >= 11 is 0. The molecule has 4 N–H and O–H groups in total. The van der Waals surface area contributed by atoms with Crippen molar-refractivity contribution >= 4 is 17.8 Å². The molecule has 1 heterocycles. The molecule has 19 heavy (non-hydrogen) atoms. The van der Waals surface area contributed by atoms with Gasteiger partial charge in [0.05, 0.1) is 6.54 Å². The third-order valence-corrected chi connectivity index (χ3v) is 2.28. The van der Waals surface area contributed by atoms with Crippen LogP contribution >= 0.6 is 0 Å². The van der Waals surface area contributed by atoms with Crippen LogP contribution in [-0.4, -0.2) is 58.3 Å². The second kappa shape index (κ2) is 6.92. The topological polar surface area (TPSA) is 121 Å². The van der Waals surface area contributed by atoms with Crippen molar-refractivity contribution in [1.82, 2.24) is 4.90 Å². The molecule has 1 rings (SSSR count). The van der Waals surface area contributed by atoms with Gasteiger partial charge in [0.25, 0.3) is 0 Å². The molecule has 1 fully saturated rings. The quantitative estimate of drug-likeness (QED) is 0.638. The SMILES string of the molecule is NCC(=O)N1CCC[C@H]1C(=O)O.O=C(O)C(F)(F)F. The van der Waals surface area contributed by atoms with Gasteiger partial charge < -0.3 is 20.8 Å². The van der Waals surface area contributed by atoms with E-state index in [9.17, 15) is 22.8 Å². The molecule has 1 atom stereocenters. The van der Waals surface area contributed by atoms with Crippen molar-refractivity contribution in [3.63, 3.8) is 0 Å². The molecule has 0 aromatic rings. The van der Waals surface area contributed by atoms with Crippen LogP contribution in [0.1, 0.15) is 12.8 Å². The molecule has 0 radical (unpaired) electrons. The number of alkyl halides is 3. The Morgan fingerprint density at radius 3 is 2.05 bits per heavy atom. The predicted octanol–water partition coefficient (Wildman–Crippen LogP) is -0.346. The predicted molar refractivity (Wildman–Crippen MR) is 55.1 cm³/mol. The molecular weight excluding hydrogens is 273 g/mol. The van der Waals surface area contributed by atoms with Gasteiger partial charge >= 0.3 is 18.1 Å². The molecule has 1 aliphatic rings. The number of nitrogens with zero attached hydrogens (tertiary/aromatic N) is 1. The maximum atomic E-state index is 11.1. The van der Waals surface area contributed by atoms with E-state index in [1.165, 1.54) is 4.90 Å². The summed E-state index contributed by atoms with van der Waals surface area (Å²) in [6.07, 6.45) is -3.79. The monoisotopic (exact) mass is 286 g/mol. The highest BCUT2D eigenvalue weighted by molar-refractivity contribution is 5.85. The van der Waals surface area contributed by atoms with Crippen LogP contribution in [0.25, 0.3) is 0 Å². The molecule has 110 valence electrons. The number of carboxylic acid groups (broad SMARTS) is 2. The third-order valence-electron chi connectivity index (χ3n) is 2.28. The first-order valence-electron chi connectivity index (χ1n) is 5.13. The van der Waals surface area contributed by atoms with E-state index >= 15 is 0 Å². The summed E-state index contributed by atoms with van der Waals surface area (Å²) in [6, 6.07) is -0.652. The van der Waals surface area contributed by atoms with Gasteiger partial charge in [-0.2, -0.15) is 13.2 Å². The molecule has 7 nitrogen and oxygen atoms in total. The third kappa shape index (κ3) is 5.55. The van der Waals surface area contributed by atoms with E-state index in [4.69, 9.17) is 20.7 Å². The lowest BCUT2D eigenvalue weighted by Gasteiger charge is -2.20. The first-order chi connectivity index (χ1) is 8.61. The van der Waals surface area contributed by atoms with E-state index in [1.54, 1.807) is 0 Å². The number of hydrogen-bond donors (Lipinski definition) is 3. The lowest BCUT2D eigenvalue weighted by molar-refractivity contribution is -0.192. The second-order valence-corrected chi connectivity index (χ2v) is 3.59. The number of likely N-dealkylation sites (tertiary alicyclic amines) is 1. The molecular formula is C9H13F3N2O5. The van der Waals surface area contributed by atoms with Crippen molar-refractivity contribution in [2.24, 2.45) is 5.73 Å². The zero-order valence-corrected chi connectivity index (χ0v) is 9.68. The molecule has 1 amide bonds. The average Bonchev–Trinajstić information content (AvgIpc) is 2.76. The highest BCUT2D eigenvalue weighted by atomic mass is 19.4. The van der Waals surface area contributed by atoms with Crippen LogP contribution in [0.5, 0.6) is 0 Å². The van der Waals surface area contributed by atoms with E-state index in [0.29, 0.717) is 13.0 Å². The fourth-order valence-corrected chi connectivity index (χ4v) is 1.44. The normalized spacial score (nSPS) is 18.5. The van der Waals surface area contributed by atoms with Crippen molar-refractivity contribution in [3.05, 3.63) is 0 Å². The van der Waals surface area contributed by atoms with Crippen LogP contribution in [-0.2, 0) is 14.4 Å². The number of carbonyl (C=O) groups excluding carboxylic acids is 1. The lowest BCUT2D eigenvalue weighted by Crippen LogP contribution is -2.43. The zero-order chi connectivity index (χ0) is 15.2. The Labute approximate surface area is 105 Å². The molecule has 0 saturated carbocycles. The van der Waals surface area contributed by atoms with Crippen molar-refractivity contribution in [2.45, 2.75) is 25.1 Å². The number of carboxylic acids is 2. The maximum Gasteiger partial charge on any atom is 0.490 e. The van der Waals surface area contributed by atoms with Gasteiger partial charge in [-0.3, -0.25) is 4.79 Å². The Balaban J connectivity index is 0.000000399. The highest BCUT2D eigenvalue weighted by Gasteiger charge is 2.38. The molecule has 0 bridgehead atoms. The molecule has 0 aliphatic carbocycles. The second-order valence-electron chi connectivity index (χ2n) is 3.59. The van der Waals surface area contributed by atoms with Gasteiger partial charge in [-0.25, -0.2) is 9.59 Å². The summed E-state index contributed by atoms with van der Waals surface area (Å²) in [5.41, 5.74) is 5.13. The lowest BCUT2D eigenvalue weighted by atomic mass is 10.2. The molecule has 0 aromatic heterocycles. The van der Waals surface area contributed by atoms with Crippen molar-refractivity contribution in [1.29, 1.82) is 0 Å². The zero-order valence-electron chi connectivity index (χ0n) is 9.68. The molecule has 0 unspecified atom stereocenters. The van der Waals surface area contributed by atoms with Gasteiger partial charge in [0.15, 0.2) is 0 Å². The number of rotatable bonds is 2.